The molecule has 1 aliphatic heterocycles. The number of carbonyl (C=O) groups is 1. The third-order valence-electron chi connectivity index (χ3n) is 12.9. The molecule has 1 aromatic heterocycles. The Morgan fingerprint density at radius 1 is 1.03 bits per heavy atom. The van der Waals surface area contributed by atoms with Crippen LogP contribution in [0, 0.1) is 34.5 Å². The van der Waals surface area contributed by atoms with Crippen LogP contribution in [-0.4, -0.2) is 69.2 Å². The van der Waals surface area contributed by atoms with Gasteiger partial charge < -0.3 is 24.6 Å². The van der Waals surface area contributed by atoms with Gasteiger partial charge in [0.05, 0.1) is 11.9 Å². The minimum absolute atomic E-state index is 0.0289. The summed E-state index contributed by atoms with van der Waals surface area (Å²) >= 11 is 0. The minimum Gasteiger partial charge on any atom is -0.465 e. The number of carboxylic acid groups (broad SMARTS) is 1. The maximum atomic E-state index is 12.5. The molecule has 0 aromatic carbocycles. The first-order valence-corrected chi connectivity index (χ1v) is 15.2. The fourth-order valence-electron chi connectivity index (χ4n) is 10.5. The molecule has 2 unspecified atom stereocenters. The number of nitrogens with zero attached hydrogens (tertiary/aromatic N) is 2. The Bertz CT molecular complexity index is 1140. The Labute approximate surface area is 231 Å². The van der Waals surface area contributed by atoms with Crippen LogP contribution in [0.1, 0.15) is 89.5 Å². The second-order valence-corrected chi connectivity index (χ2v) is 14.1. The largest absolute Gasteiger partial charge is 0.465 e. The van der Waals surface area contributed by atoms with E-state index in [1.807, 2.05) is 18.0 Å². The lowest BCUT2D eigenvalue weighted by atomic mass is 9.42. The molecule has 10 atom stereocenters. The zero-order valence-corrected chi connectivity index (χ0v) is 23.7. The van der Waals surface area contributed by atoms with Gasteiger partial charge in [0, 0.05) is 37.0 Å². The van der Waals surface area contributed by atoms with E-state index in [9.17, 15) is 24.9 Å². The zero-order valence-electron chi connectivity index (χ0n) is 23.7. The van der Waals surface area contributed by atoms with Gasteiger partial charge in [-0.25, -0.2) is 9.59 Å². The van der Waals surface area contributed by atoms with Crippen molar-refractivity contribution < 1.29 is 24.5 Å². The average molecular weight is 543 g/mol. The molecule has 0 spiro atoms. The maximum Gasteiger partial charge on any atom is 0.407 e. The molecule has 2 heterocycles. The van der Waals surface area contributed by atoms with Gasteiger partial charge in [-0.1, -0.05) is 13.8 Å². The number of aliphatic hydroxyl groups is 2. The van der Waals surface area contributed by atoms with Gasteiger partial charge in [-0.05, 0) is 111 Å². The summed E-state index contributed by atoms with van der Waals surface area (Å²) in [5, 5.41) is 32.9. The van der Waals surface area contributed by atoms with Crippen molar-refractivity contribution in [1.82, 2.24) is 9.80 Å². The van der Waals surface area contributed by atoms with E-state index in [1.165, 1.54) is 11.0 Å². The lowest BCUT2D eigenvalue weighted by molar-refractivity contribution is -0.205. The maximum absolute atomic E-state index is 12.5. The first kappa shape index (κ1) is 27.3. The van der Waals surface area contributed by atoms with Gasteiger partial charge in [-0.3, -0.25) is 4.90 Å². The van der Waals surface area contributed by atoms with Crippen LogP contribution in [-0.2, 0) is 0 Å². The molecule has 8 heteroatoms. The van der Waals surface area contributed by atoms with E-state index in [-0.39, 0.29) is 34.3 Å². The van der Waals surface area contributed by atoms with Crippen molar-refractivity contribution in [3.8, 4) is 0 Å². The first-order chi connectivity index (χ1) is 18.5. The third kappa shape index (κ3) is 4.11. The van der Waals surface area contributed by atoms with Crippen molar-refractivity contribution in [2.24, 2.45) is 34.5 Å². The van der Waals surface area contributed by atoms with Crippen LogP contribution in [0.25, 0.3) is 0 Å². The van der Waals surface area contributed by atoms with Gasteiger partial charge >= 0.3 is 11.7 Å². The highest BCUT2D eigenvalue weighted by atomic mass is 16.4. The molecule has 8 nitrogen and oxygen atoms in total. The van der Waals surface area contributed by atoms with Crippen LogP contribution in [0.4, 0.5) is 4.79 Å². The monoisotopic (exact) mass is 542 g/mol. The molecule has 6 rings (SSSR count). The summed E-state index contributed by atoms with van der Waals surface area (Å²) in [6, 6.07) is 3.43. The summed E-state index contributed by atoms with van der Waals surface area (Å²) in [6.07, 6.45) is 9.69. The van der Waals surface area contributed by atoms with E-state index in [2.05, 4.69) is 13.8 Å². The Morgan fingerprint density at radius 2 is 1.82 bits per heavy atom. The predicted molar refractivity (Wildman–Crippen MR) is 146 cm³/mol. The summed E-state index contributed by atoms with van der Waals surface area (Å²) < 4.78 is 5.23. The molecular formula is C31H46N2O6. The third-order valence-corrected chi connectivity index (χ3v) is 12.9. The van der Waals surface area contributed by atoms with E-state index in [1.54, 1.807) is 6.26 Å². The number of hydrogen-bond acceptors (Lipinski definition) is 6. The molecular weight excluding hydrogens is 496 g/mol. The summed E-state index contributed by atoms with van der Waals surface area (Å²) in [5.74, 6) is 1.87. The summed E-state index contributed by atoms with van der Waals surface area (Å²) in [4.78, 5) is 26.9. The Hall–Kier alpha value is -1.90. The van der Waals surface area contributed by atoms with E-state index in [4.69, 9.17) is 4.42 Å². The summed E-state index contributed by atoms with van der Waals surface area (Å²) in [7, 11) is 1.96. The van der Waals surface area contributed by atoms with Gasteiger partial charge in [0.25, 0.3) is 0 Å². The number of aliphatic hydroxyl groups excluding tert-OH is 1. The standard InChI is InChI=1S/C31H46N2O6/c1-29-12-8-19(25-17-33(28(36)37)15-11-26(34)32(25)3)16-21(29)5-6-24-23(29)9-13-30(2)22(10-14-31(24,30)38)20-4-7-27(35)39-18-20/h4,7,18-19,21-26,34,38H,5-6,8-17H2,1-3H3,(H,36,37)/t19?,21?,22-,23+,24-,25-,26+,29-,30-,31+/m1/s1. The highest BCUT2D eigenvalue weighted by Crippen LogP contribution is 2.70. The number of hydrogen-bond donors (Lipinski definition) is 3. The quantitative estimate of drug-likeness (QED) is 0.504. The number of amides is 1. The Morgan fingerprint density at radius 3 is 2.54 bits per heavy atom. The number of likely N-dealkylation sites (N-methyl/N-ethyl adjacent to an activating group) is 1. The molecule has 4 aliphatic carbocycles. The van der Waals surface area contributed by atoms with Crippen LogP contribution in [0.5, 0.6) is 0 Å². The van der Waals surface area contributed by atoms with Crippen molar-refractivity contribution >= 4 is 6.09 Å². The van der Waals surface area contributed by atoms with E-state index < -0.39 is 17.9 Å². The van der Waals surface area contributed by atoms with Crippen LogP contribution in [0.2, 0.25) is 0 Å². The Balaban J connectivity index is 1.22. The molecule has 1 amide bonds. The number of rotatable bonds is 2. The van der Waals surface area contributed by atoms with Crippen molar-refractivity contribution in [3.05, 3.63) is 34.4 Å². The predicted octanol–water partition coefficient (Wildman–Crippen LogP) is 4.50. The van der Waals surface area contributed by atoms with Crippen LogP contribution in [0.3, 0.4) is 0 Å². The smallest absolute Gasteiger partial charge is 0.407 e. The lowest BCUT2D eigenvalue weighted by Crippen LogP contribution is -2.62. The van der Waals surface area contributed by atoms with Gasteiger partial charge in [0.15, 0.2) is 0 Å². The molecule has 1 saturated heterocycles. The molecule has 0 bridgehead atoms. The van der Waals surface area contributed by atoms with Crippen LogP contribution >= 0.6 is 0 Å². The average Bonchev–Trinajstić information content (AvgIpc) is 3.09. The highest BCUT2D eigenvalue weighted by Gasteiger charge is 2.67. The van der Waals surface area contributed by atoms with E-state index in [0.717, 1.165) is 63.4 Å². The zero-order chi connectivity index (χ0) is 27.7. The van der Waals surface area contributed by atoms with Gasteiger partial charge in [-0.2, -0.15) is 0 Å². The van der Waals surface area contributed by atoms with E-state index in [0.29, 0.717) is 37.3 Å². The number of fused-ring (bicyclic) bond motifs is 5. The van der Waals surface area contributed by atoms with Gasteiger partial charge in [0.2, 0.25) is 0 Å². The molecule has 3 N–H and O–H groups in total. The highest BCUT2D eigenvalue weighted by molar-refractivity contribution is 5.65. The molecule has 216 valence electrons. The molecule has 39 heavy (non-hydrogen) atoms. The summed E-state index contributed by atoms with van der Waals surface area (Å²) in [5.41, 5.74) is -0.0639. The second kappa shape index (κ2) is 9.59. The van der Waals surface area contributed by atoms with Crippen molar-refractivity contribution in [2.45, 2.75) is 102 Å². The normalized spacial score (nSPS) is 46.6. The molecule has 5 fully saturated rings. The fraction of sp³-hybridized carbons (Fsp3) is 0.806. The van der Waals surface area contributed by atoms with Crippen molar-refractivity contribution in [2.75, 3.05) is 20.1 Å². The molecule has 4 saturated carbocycles. The first-order valence-electron chi connectivity index (χ1n) is 15.2. The second-order valence-electron chi connectivity index (χ2n) is 14.1. The van der Waals surface area contributed by atoms with Gasteiger partial charge in [-0.15, -0.1) is 0 Å². The minimum atomic E-state index is -0.894. The fourth-order valence-corrected chi connectivity index (χ4v) is 10.5. The van der Waals surface area contributed by atoms with Crippen LogP contribution < -0.4 is 5.63 Å². The SMILES string of the molecule is CN1[C@@H](C2CC[C@]3(C)C(CC[C@@H]4[C@@H]3CC[C@]3(C)[C@@H](c5ccc(=O)oc5)CC[C@]43O)C2)CN(C(=O)O)CC[C@@H]1O. The summed E-state index contributed by atoms with van der Waals surface area (Å²) in [6.45, 7) is 5.59. The lowest BCUT2D eigenvalue weighted by Gasteiger charge is -2.64. The van der Waals surface area contributed by atoms with E-state index >= 15 is 0 Å². The van der Waals surface area contributed by atoms with Crippen molar-refractivity contribution in [1.29, 1.82) is 0 Å². The molecule has 5 aliphatic rings. The topological polar surface area (TPSA) is 114 Å². The molecule has 1 aromatic rings. The van der Waals surface area contributed by atoms with Crippen molar-refractivity contribution in [3.63, 3.8) is 0 Å². The Kier molecular flexibility index (Phi) is 6.71. The van der Waals surface area contributed by atoms with Gasteiger partial charge in [0.1, 0.15) is 6.23 Å². The van der Waals surface area contributed by atoms with Crippen LogP contribution in [0.15, 0.2) is 27.6 Å². The molecule has 0 radical (unpaired) electrons.